The van der Waals surface area contributed by atoms with Gasteiger partial charge in [-0.1, -0.05) is 17.3 Å². The van der Waals surface area contributed by atoms with Gasteiger partial charge in [-0.3, -0.25) is 9.20 Å². The summed E-state index contributed by atoms with van der Waals surface area (Å²) in [6.07, 6.45) is 1.85. The summed E-state index contributed by atoms with van der Waals surface area (Å²) in [5, 5.41) is 14.9. The fraction of sp³-hybridized carbons (Fsp3) is 0.211. The van der Waals surface area contributed by atoms with Gasteiger partial charge >= 0.3 is 0 Å². The van der Waals surface area contributed by atoms with Crippen molar-refractivity contribution in [3.05, 3.63) is 54.2 Å². The number of carbonyl (C=O) groups is 1. The predicted molar refractivity (Wildman–Crippen MR) is 101 cm³/mol. The molecule has 3 heterocycles. The van der Waals surface area contributed by atoms with Gasteiger partial charge in [-0.25, -0.2) is 0 Å². The van der Waals surface area contributed by atoms with Crippen molar-refractivity contribution in [1.29, 1.82) is 0 Å². The Morgan fingerprint density at radius 2 is 2.11 bits per heavy atom. The summed E-state index contributed by atoms with van der Waals surface area (Å²) >= 11 is 0. The minimum atomic E-state index is -0.210. The summed E-state index contributed by atoms with van der Waals surface area (Å²) in [5.74, 6) is 1.91. The van der Waals surface area contributed by atoms with Gasteiger partial charge in [0.1, 0.15) is 11.6 Å². The number of para-hydroxylation sites is 2. The van der Waals surface area contributed by atoms with Crippen LogP contribution in [0.5, 0.6) is 5.75 Å². The summed E-state index contributed by atoms with van der Waals surface area (Å²) in [6, 6.07) is 10.9. The molecule has 9 nitrogen and oxygen atoms in total. The number of pyridine rings is 1. The van der Waals surface area contributed by atoms with Crippen molar-refractivity contribution in [2.24, 2.45) is 0 Å². The first-order valence-corrected chi connectivity index (χ1v) is 8.80. The van der Waals surface area contributed by atoms with Crippen LogP contribution in [0.2, 0.25) is 0 Å². The summed E-state index contributed by atoms with van der Waals surface area (Å²) in [5.41, 5.74) is 1.95. The highest BCUT2D eigenvalue weighted by Gasteiger charge is 2.14. The fourth-order valence-electron chi connectivity index (χ4n) is 2.80. The third kappa shape index (κ3) is 3.54. The third-order valence-electron chi connectivity index (χ3n) is 4.03. The van der Waals surface area contributed by atoms with E-state index in [1.165, 1.54) is 0 Å². The highest BCUT2D eigenvalue weighted by atomic mass is 16.5. The minimum absolute atomic E-state index is 0.0701. The highest BCUT2D eigenvalue weighted by Crippen LogP contribution is 2.24. The van der Waals surface area contributed by atoms with Crippen LogP contribution < -0.4 is 10.1 Å². The van der Waals surface area contributed by atoms with Crippen LogP contribution in [0, 0.1) is 6.92 Å². The van der Waals surface area contributed by atoms with Crippen LogP contribution in [-0.4, -0.2) is 37.3 Å². The van der Waals surface area contributed by atoms with E-state index >= 15 is 0 Å². The fourth-order valence-corrected chi connectivity index (χ4v) is 2.80. The first kappa shape index (κ1) is 17.7. The molecular formula is C19H18N6O3. The number of rotatable bonds is 6. The number of anilines is 1. The van der Waals surface area contributed by atoms with E-state index in [0.29, 0.717) is 41.2 Å². The second-order valence-electron chi connectivity index (χ2n) is 6.06. The summed E-state index contributed by atoms with van der Waals surface area (Å²) < 4.78 is 12.5. The van der Waals surface area contributed by atoms with Crippen LogP contribution in [-0.2, 0) is 11.2 Å². The number of ether oxygens (including phenoxy) is 1. The van der Waals surface area contributed by atoms with E-state index in [-0.39, 0.29) is 12.3 Å². The molecule has 0 saturated heterocycles. The summed E-state index contributed by atoms with van der Waals surface area (Å²) in [4.78, 5) is 16.7. The number of benzene rings is 1. The summed E-state index contributed by atoms with van der Waals surface area (Å²) in [7, 11) is 0. The maximum atomic E-state index is 12.5. The lowest BCUT2D eigenvalue weighted by molar-refractivity contribution is -0.115. The molecule has 142 valence electrons. The van der Waals surface area contributed by atoms with Gasteiger partial charge in [0, 0.05) is 11.8 Å². The van der Waals surface area contributed by atoms with Gasteiger partial charge < -0.3 is 14.6 Å². The Morgan fingerprint density at radius 1 is 1.25 bits per heavy atom. The van der Waals surface area contributed by atoms with Gasteiger partial charge in [-0.05, 0) is 38.1 Å². The molecule has 0 fully saturated rings. The normalized spacial score (nSPS) is 10.9. The maximum absolute atomic E-state index is 12.5. The molecule has 0 radical (unpaired) electrons. The molecule has 4 aromatic rings. The number of aromatic nitrogens is 5. The second-order valence-corrected chi connectivity index (χ2v) is 6.06. The van der Waals surface area contributed by atoms with E-state index in [1.807, 2.05) is 31.2 Å². The smallest absolute Gasteiger partial charge is 0.258 e. The average Bonchev–Trinajstić information content (AvgIpc) is 3.29. The molecule has 9 heteroatoms. The van der Waals surface area contributed by atoms with E-state index in [1.54, 1.807) is 29.7 Å². The molecule has 0 aliphatic heterocycles. The van der Waals surface area contributed by atoms with Gasteiger partial charge in [0.05, 0.1) is 18.7 Å². The van der Waals surface area contributed by atoms with Crippen molar-refractivity contribution < 1.29 is 14.1 Å². The van der Waals surface area contributed by atoms with E-state index in [9.17, 15) is 4.79 Å². The molecule has 1 aromatic carbocycles. The standard InChI is InChI=1S/C19H18N6O3/c1-3-27-15-7-5-4-6-14(15)21-18(26)11-17-23-22-16-10-13(8-9-25(16)17)19-20-12(2)24-28-19/h4-10H,3,11H2,1-2H3,(H,21,26). The van der Waals surface area contributed by atoms with E-state index in [0.717, 1.165) is 5.56 Å². The minimum Gasteiger partial charge on any atom is -0.492 e. The highest BCUT2D eigenvalue weighted by molar-refractivity contribution is 5.93. The van der Waals surface area contributed by atoms with Crippen LogP contribution in [0.25, 0.3) is 17.1 Å². The van der Waals surface area contributed by atoms with Crippen molar-refractivity contribution in [1.82, 2.24) is 24.7 Å². The van der Waals surface area contributed by atoms with Crippen LogP contribution >= 0.6 is 0 Å². The van der Waals surface area contributed by atoms with Gasteiger partial charge in [0.25, 0.3) is 5.89 Å². The van der Waals surface area contributed by atoms with Crippen molar-refractivity contribution in [3.63, 3.8) is 0 Å². The molecule has 0 aliphatic carbocycles. The number of hydrogen-bond donors (Lipinski definition) is 1. The van der Waals surface area contributed by atoms with E-state index < -0.39 is 0 Å². The van der Waals surface area contributed by atoms with Gasteiger partial charge in [-0.15, -0.1) is 10.2 Å². The topological polar surface area (TPSA) is 107 Å². The Kier molecular flexibility index (Phi) is 4.71. The number of hydrogen-bond acceptors (Lipinski definition) is 7. The lowest BCUT2D eigenvalue weighted by atomic mass is 10.2. The molecule has 0 aliphatic rings. The number of nitrogens with one attached hydrogen (secondary N) is 1. The number of amides is 1. The number of carbonyl (C=O) groups excluding carboxylic acids is 1. The molecule has 0 unspecified atom stereocenters. The maximum Gasteiger partial charge on any atom is 0.258 e. The van der Waals surface area contributed by atoms with Crippen molar-refractivity contribution in [2.75, 3.05) is 11.9 Å². The molecule has 0 saturated carbocycles. The summed E-state index contributed by atoms with van der Waals surface area (Å²) in [6.45, 7) is 4.16. The van der Waals surface area contributed by atoms with E-state index in [4.69, 9.17) is 9.26 Å². The van der Waals surface area contributed by atoms with Gasteiger partial charge in [0.2, 0.25) is 5.91 Å². The zero-order chi connectivity index (χ0) is 19.5. The molecule has 0 atom stereocenters. The molecule has 0 spiro atoms. The first-order valence-electron chi connectivity index (χ1n) is 8.80. The molecule has 0 bridgehead atoms. The lowest BCUT2D eigenvalue weighted by Crippen LogP contribution is -2.16. The van der Waals surface area contributed by atoms with Crippen molar-refractivity contribution in [3.8, 4) is 17.2 Å². The Bertz CT molecular complexity index is 1130. The largest absolute Gasteiger partial charge is 0.492 e. The third-order valence-corrected chi connectivity index (χ3v) is 4.03. The Hall–Kier alpha value is -3.75. The lowest BCUT2D eigenvalue weighted by Gasteiger charge is -2.10. The monoisotopic (exact) mass is 378 g/mol. The first-order chi connectivity index (χ1) is 13.6. The number of aryl methyl sites for hydroxylation is 1. The van der Waals surface area contributed by atoms with Crippen LogP contribution in [0.1, 0.15) is 18.6 Å². The van der Waals surface area contributed by atoms with Crippen LogP contribution in [0.3, 0.4) is 0 Å². The SMILES string of the molecule is CCOc1ccccc1NC(=O)Cc1nnc2cc(-c3nc(C)no3)ccn12. The Balaban J connectivity index is 1.53. The van der Waals surface area contributed by atoms with Gasteiger partial charge in [-0.2, -0.15) is 4.98 Å². The van der Waals surface area contributed by atoms with Crippen molar-refractivity contribution in [2.45, 2.75) is 20.3 Å². The quantitative estimate of drug-likeness (QED) is 0.549. The molecule has 4 rings (SSSR count). The molecule has 3 aromatic heterocycles. The zero-order valence-electron chi connectivity index (χ0n) is 15.4. The van der Waals surface area contributed by atoms with Crippen LogP contribution in [0.4, 0.5) is 5.69 Å². The zero-order valence-corrected chi connectivity index (χ0v) is 15.4. The van der Waals surface area contributed by atoms with Crippen LogP contribution in [0.15, 0.2) is 47.1 Å². The van der Waals surface area contributed by atoms with Gasteiger partial charge in [0.15, 0.2) is 11.5 Å². The Morgan fingerprint density at radius 3 is 2.89 bits per heavy atom. The van der Waals surface area contributed by atoms with E-state index in [2.05, 4.69) is 25.7 Å². The molecule has 1 N–H and O–H groups in total. The molecular weight excluding hydrogens is 360 g/mol. The number of nitrogens with zero attached hydrogens (tertiary/aromatic N) is 5. The van der Waals surface area contributed by atoms with Crippen molar-refractivity contribution >= 4 is 17.2 Å². The molecule has 28 heavy (non-hydrogen) atoms. The Labute approximate surface area is 160 Å². The molecule has 1 amide bonds. The average molecular weight is 378 g/mol. The predicted octanol–water partition coefficient (Wildman–Crippen LogP) is 2.67. The second kappa shape index (κ2) is 7.47. The number of fused-ring (bicyclic) bond motifs is 1.